The van der Waals surface area contributed by atoms with Gasteiger partial charge in [0.05, 0.1) is 50.4 Å². The van der Waals surface area contributed by atoms with Crippen LogP contribution in [0.3, 0.4) is 0 Å². The molecule has 0 aromatic heterocycles. The first-order valence-electron chi connectivity index (χ1n) is 12.6. The van der Waals surface area contributed by atoms with Crippen molar-refractivity contribution in [3.63, 3.8) is 0 Å². The number of epoxide rings is 1. The van der Waals surface area contributed by atoms with Crippen molar-refractivity contribution < 1.29 is 33.2 Å². The van der Waals surface area contributed by atoms with Gasteiger partial charge in [-0.15, -0.1) is 0 Å². The van der Waals surface area contributed by atoms with Crippen molar-refractivity contribution in [2.45, 2.75) is 70.9 Å². The van der Waals surface area contributed by atoms with Crippen LogP contribution in [0.1, 0.15) is 52.9 Å². The van der Waals surface area contributed by atoms with Crippen LogP contribution in [0.15, 0.2) is 0 Å². The van der Waals surface area contributed by atoms with Gasteiger partial charge in [-0.3, -0.25) is 0 Å². The second-order valence-electron chi connectivity index (χ2n) is 9.93. The zero-order chi connectivity index (χ0) is 25.5. The van der Waals surface area contributed by atoms with Gasteiger partial charge in [0.2, 0.25) is 0 Å². The monoisotopic (exact) mass is 495 g/mol. The van der Waals surface area contributed by atoms with Gasteiger partial charge in [0.15, 0.2) is 6.29 Å². The summed E-state index contributed by atoms with van der Waals surface area (Å²) in [6, 6.07) is 4.50. The zero-order valence-electron chi connectivity index (χ0n) is 21.4. The maximum atomic E-state index is 12.7. The van der Waals surface area contributed by atoms with E-state index in [0.717, 1.165) is 25.9 Å². The van der Waals surface area contributed by atoms with Gasteiger partial charge in [-0.25, -0.2) is 4.79 Å². The molecule has 2 aliphatic heterocycles. The number of carbonyl (C=O) groups is 1. The molecule has 35 heavy (non-hydrogen) atoms. The van der Waals surface area contributed by atoms with Gasteiger partial charge in [0.25, 0.3) is 0 Å². The molecule has 2 saturated heterocycles. The molecule has 10 nitrogen and oxygen atoms in total. The molecular weight excluding hydrogens is 454 g/mol. The molecule has 4 unspecified atom stereocenters. The van der Waals surface area contributed by atoms with Gasteiger partial charge in [0, 0.05) is 32.9 Å². The summed E-state index contributed by atoms with van der Waals surface area (Å²) in [7, 11) is 0. The van der Waals surface area contributed by atoms with Crippen molar-refractivity contribution in [1.29, 1.82) is 10.5 Å². The Bertz CT molecular complexity index is 691. The average Bonchev–Trinajstić information content (AvgIpc) is 3.65. The predicted molar refractivity (Wildman–Crippen MR) is 126 cm³/mol. The Morgan fingerprint density at radius 1 is 1.06 bits per heavy atom. The van der Waals surface area contributed by atoms with Crippen molar-refractivity contribution in [2.75, 3.05) is 59.3 Å². The van der Waals surface area contributed by atoms with Gasteiger partial charge in [-0.2, -0.15) is 10.5 Å². The first-order valence-corrected chi connectivity index (χ1v) is 12.6. The maximum absolute atomic E-state index is 12.7. The molecule has 2 rings (SSSR count). The fourth-order valence-corrected chi connectivity index (χ4v) is 3.43. The number of rotatable bonds is 16. The summed E-state index contributed by atoms with van der Waals surface area (Å²) >= 11 is 0. The van der Waals surface area contributed by atoms with Crippen LogP contribution in [0.4, 0.5) is 4.79 Å². The largest absolute Gasteiger partial charge is 0.444 e. The second kappa shape index (κ2) is 15.9. The van der Waals surface area contributed by atoms with Crippen molar-refractivity contribution >= 4 is 6.09 Å². The minimum atomic E-state index is -0.638. The van der Waals surface area contributed by atoms with Crippen LogP contribution in [0.2, 0.25) is 0 Å². The van der Waals surface area contributed by atoms with Gasteiger partial charge in [-0.1, -0.05) is 0 Å². The van der Waals surface area contributed by atoms with E-state index in [9.17, 15) is 15.3 Å². The van der Waals surface area contributed by atoms with E-state index in [1.54, 1.807) is 0 Å². The van der Waals surface area contributed by atoms with Crippen LogP contribution >= 0.6 is 0 Å². The highest BCUT2D eigenvalue weighted by Crippen LogP contribution is 2.16. The van der Waals surface area contributed by atoms with E-state index in [1.807, 2.05) is 20.8 Å². The van der Waals surface area contributed by atoms with Crippen molar-refractivity contribution in [3.8, 4) is 12.1 Å². The second-order valence-corrected chi connectivity index (χ2v) is 9.93. The zero-order valence-corrected chi connectivity index (χ0v) is 21.4. The number of amides is 1. The molecule has 0 spiro atoms. The molecule has 2 fully saturated rings. The fraction of sp³-hybridized carbons (Fsp3) is 0.880. The van der Waals surface area contributed by atoms with E-state index in [4.69, 9.17) is 28.4 Å². The molecule has 2 aliphatic rings. The molecule has 198 valence electrons. The summed E-state index contributed by atoms with van der Waals surface area (Å²) in [4.78, 5) is 14.3. The van der Waals surface area contributed by atoms with E-state index in [1.165, 1.54) is 4.90 Å². The SMILES string of the molecule is CC(C)(C)OC(=O)N(CCOC1CCCCO1)CC(C#N)CCOCCC(C#N)COCC1CO1. The number of carbonyl (C=O) groups excluding carboxylic acids is 1. The number of hydrogen-bond acceptors (Lipinski definition) is 9. The molecule has 1 amide bonds. The normalized spacial score (nSPS) is 21.4. The van der Waals surface area contributed by atoms with Crippen LogP contribution in [0, 0.1) is 34.5 Å². The number of nitrogens with zero attached hydrogens (tertiary/aromatic N) is 3. The molecular formula is C25H41N3O7. The summed E-state index contributed by atoms with van der Waals surface area (Å²) in [5.74, 6) is -0.654. The lowest BCUT2D eigenvalue weighted by molar-refractivity contribution is -0.164. The molecule has 0 aliphatic carbocycles. The predicted octanol–water partition coefficient (Wildman–Crippen LogP) is 3.26. The highest BCUT2D eigenvalue weighted by Gasteiger charge is 2.26. The lowest BCUT2D eigenvalue weighted by atomic mass is 10.1. The molecule has 4 atom stereocenters. The molecule has 0 radical (unpaired) electrons. The molecule has 0 bridgehead atoms. The van der Waals surface area contributed by atoms with Crippen LogP contribution in [0.5, 0.6) is 0 Å². The summed E-state index contributed by atoms with van der Waals surface area (Å²) in [6.45, 7) is 9.34. The Morgan fingerprint density at radius 3 is 2.37 bits per heavy atom. The van der Waals surface area contributed by atoms with Gasteiger partial charge in [0.1, 0.15) is 11.7 Å². The van der Waals surface area contributed by atoms with E-state index in [2.05, 4.69) is 12.1 Å². The topological polar surface area (TPSA) is 127 Å². The van der Waals surface area contributed by atoms with Crippen LogP contribution in [-0.4, -0.2) is 88.3 Å². The first kappa shape index (κ1) is 29.3. The van der Waals surface area contributed by atoms with Gasteiger partial charge >= 0.3 is 6.09 Å². The lowest BCUT2D eigenvalue weighted by Crippen LogP contribution is -2.42. The molecule has 0 N–H and O–H groups in total. The Kier molecular flexibility index (Phi) is 13.3. The molecule has 0 aromatic rings. The standard InChI is InChI=1S/C25H41N3O7/c1-25(2,3)35-24(29)28(9-13-33-23-6-4-5-10-32-23)16-20(14-26)7-11-30-12-8-21(15-27)17-31-18-22-19-34-22/h20-23H,4-13,16-19H2,1-3H3. The highest BCUT2D eigenvalue weighted by atomic mass is 16.7. The van der Waals surface area contributed by atoms with Crippen molar-refractivity contribution in [3.05, 3.63) is 0 Å². The van der Waals surface area contributed by atoms with E-state index in [0.29, 0.717) is 59.0 Å². The molecule has 0 aromatic carbocycles. The summed E-state index contributed by atoms with van der Waals surface area (Å²) in [5, 5.41) is 18.9. The third-order valence-corrected chi connectivity index (χ3v) is 5.51. The Balaban J connectivity index is 1.71. The van der Waals surface area contributed by atoms with Crippen molar-refractivity contribution in [1.82, 2.24) is 4.90 Å². The van der Waals surface area contributed by atoms with Gasteiger partial charge < -0.3 is 33.3 Å². The third-order valence-electron chi connectivity index (χ3n) is 5.51. The van der Waals surface area contributed by atoms with E-state index < -0.39 is 17.6 Å². The molecule has 2 heterocycles. The summed E-state index contributed by atoms with van der Waals surface area (Å²) < 4.78 is 33.1. The number of nitriles is 2. The average molecular weight is 496 g/mol. The quantitative estimate of drug-likeness (QED) is 0.234. The maximum Gasteiger partial charge on any atom is 0.410 e. The lowest BCUT2D eigenvalue weighted by Gasteiger charge is -2.29. The summed E-state index contributed by atoms with van der Waals surface area (Å²) in [6.07, 6.45) is 3.44. The minimum Gasteiger partial charge on any atom is -0.444 e. The fourth-order valence-electron chi connectivity index (χ4n) is 3.43. The molecule has 10 heteroatoms. The van der Waals surface area contributed by atoms with E-state index in [-0.39, 0.29) is 24.9 Å². The first-order chi connectivity index (χ1) is 16.8. The molecule has 0 saturated carbocycles. The summed E-state index contributed by atoms with van der Waals surface area (Å²) in [5.41, 5.74) is -0.638. The van der Waals surface area contributed by atoms with Crippen molar-refractivity contribution in [2.24, 2.45) is 11.8 Å². The van der Waals surface area contributed by atoms with Crippen LogP contribution < -0.4 is 0 Å². The Hall–Kier alpha value is -1.95. The number of hydrogen-bond donors (Lipinski definition) is 0. The van der Waals surface area contributed by atoms with Crippen LogP contribution in [0.25, 0.3) is 0 Å². The minimum absolute atomic E-state index is 0.181. The van der Waals surface area contributed by atoms with Gasteiger partial charge in [-0.05, 0) is 52.9 Å². The highest BCUT2D eigenvalue weighted by molar-refractivity contribution is 5.68. The smallest absolute Gasteiger partial charge is 0.410 e. The Morgan fingerprint density at radius 2 is 1.77 bits per heavy atom. The van der Waals surface area contributed by atoms with Crippen LogP contribution in [-0.2, 0) is 28.4 Å². The third kappa shape index (κ3) is 13.6. The van der Waals surface area contributed by atoms with E-state index >= 15 is 0 Å². The number of ether oxygens (including phenoxy) is 6. The Labute approximate surface area is 209 Å².